The van der Waals surface area contributed by atoms with Crippen molar-refractivity contribution in [2.45, 2.75) is 32.8 Å². The fourth-order valence-electron chi connectivity index (χ4n) is 2.48. The second-order valence-electron chi connectivity index (χ2n) is 5.08. The zero-order valence-corrected chi connectivity index (χ0v) is 11.2. The van der Waals surface area contributed by atoms with Crippen molar-refractivity contribution >= 4 is 17.3 Å². The van der Waals surface area contributed by atoms with Crippen LogP contribution < -0.4 is 4.90 Å². The monoisotopic (exact) mass is 253 g/mol. The number of rotatable bonds is 2. The molecule has 1 N–H and O–H groups in total. The molecule has 0 aromatic heterocycles. The summed E-state index contributed by atoms with van der Waals surface area (Å²) < 4.78 is 0. The summed E-state index contributed by atoms with van der Waals surface area (Å²) in [5.41, 5.74) is 1.98. The van der Waals surface area contributed by atoms with E-state index in [-0.39, 0.29) is 0 Å². The maximum Gasteiger partial charge on any atom is 0.0776 e. The zero-order chi connectivity index (χ0) is 12.4. The highest BCUT2D eigenvalue weighted by Crippen LogP contribution is 2.30. The third-order valence-electron chi connectivity index (χ3n) is 3.46. The molecule has 1 heterocycles. The zero-order valence-electron chi connectivity index (χ0n) is 10.5. The molecule has 0 spiro atoms. The minimum absolute atomic E-state index is 0.503. The van der Waals surface area contributed by atoms with E-state index in [1.54, 1.807) is 6.92 Å². The fraction of sp³-hybridized carbons (Fsp3) is 0.571. The topological polar surface area (TPSA) is 23.5 Å². The van der Waals surface area contributed by atoms with Gasteiger partial charge in [0.15, 0.2) is 0 Å². The van der Waals surface area contributed by atoms with Crippen LogP contribution in [0.1, 0.15) is 38.4 Å². The van der Waals surface area contributed by atoms with Crippen LogP contribution in [0.2, 0.25) is 5.02 Å². The van der Waals surface area contributed by atoms with E-state index < -0.39 is 6.10 Å². The van der Waals surface area contributed by atoms with E-state index in [9.17, 15) is 5.11 Å². The number of hydrogen-bond donors (Lipinski definition) is 1. The molecule has 94 valence electrons. The standard InChI is InChI=1S/C14H20ClNO/c1-10-4-3-7-16(9-10)12-5-6-13(11(2)17)14(15)8-12/h5-6,8,10-11,17H,3-4,7,9H2,1-2H3. The van der Waals surface area contributed by atoms with Gasteiger partial charge in [0.2, 0.25) is 0 Å². The van der Waals surface area contributed by atoms with E-state index in [0.717, 1.165) is 24.6 Å². The molecule has 1 aromatic rings. The Kier molecular flexibility index (Phi) is 3.95. The Morgan fingerprint density at radius 2 is 2.24 bits per heavy atom. The van der Waals surface area contributed by atoms with Crippen LogP contribution >= 0.6 is 11.6 Å². The average molecular weight is 254 g/mol. The Labute approximate surface area is 108 Å². The fourth-order valence-corrected chi connectivity index (χ4v) is 2.81. The number of halogens is 1. The van der Waals surface area contributed by atoms with Gasteiger partial charge < -0.3 is 10.0 Å². The number of benzene rings is 1. The molecular formula is C14H20ClNO. The molecule has 2 unspecified atom stereocenters. The van der Waals surface area contributed by atoms with Crippen molar-refractivity contribution in [2.75, 3.05) is 18.0 Å². The average Bonchev–Trinajstić information content (AvgIpc) is 2.28. The SMILES string of the molecule is CC1CCCN(c2ccc(C(C)O)c(Cl)c2)C1. The predicted octanol–water partition coefficient (Wildman–Crippen LogP) is 3.63. The van der Waals surface area contributed by atoms with Crippen LogP contribution in [-0.2, 0) is 0 Å². The van der Waals surface area contributed by atoms with Crippen LogP contribution in [0, 0.1) is 5.92 Å². The molecule has 1 fully saturated rings. The third kappa shape index (κ3) is 2.93. The van der Waals surface area contributed by atoms with Gasteiger partial charge in [0, 0.05) is 23.8 Å². The Balaban J connectivity index is 2.19. The van der Waals surface area contributed by atoms with Crippen molar-refractivity contribution in [3.8, 4) is 0 Å². The van der Waals surface area contributed by atoms with Crippen molar-refractivity contribution < 1.29 is 5.11 Å². The lowest BCUT2D eigenvalue weighted by Crippen LogP contribution is -2.34. The van der Waals surface area contributed by atoms with Gasteiger partial charge in [0.05, 0.1) is 6.10 Å². The summed E-state index contributed by atoms with van der Waals surface area (Å²) in [5.74, 6) is 0.749. The first kappa shape index (κ1) is 12.7. The van der Waals surface area contributed by atoms with Crippen LogP contribution in [0.5, 0.6) is 0 Å². The van der Waals surface area contributed by atoms with Crippen molar-refractivity contribution in [1.82, 2.24) is 0 Å². The molecular weight excluding hydrogens is 234 g/mol. The van der Waals surface area contributed by atoms with E-state index in [2.05, 4.69) is 17.9 Å². The maximum absolute atomic E-state index is 9.55. The molecule has 2 nitrogen and oxygen atoms in total. The van der Waals surface area contributed by atoms with Gasteiger partial charge in [-0.05, 0) is 43.4 Å². The van der Waals surface area contributed by atoms with Gasteiger partial charge >= 0.3 is 0 Å². The number of anilines is 1. The Hall–Kier alpha value is -0.730. The van der Waals surface area contributed by atoms with Crippen LogP contribution in [-0.4, -0.2) is 18.2 Å². The highest BCUT2D eigenvalue weighted by atomic mass is 35.5. The van der Waals surface area contributed by atoms with E-state index >= 15 is 0 Å². The summed E-state index contributed by atoms with van der Waals surface area (Å²) in [6.07, 6.45) is 2.06. The molecule has 0 bridgehead atoms. The molecule has 1 aromatic carbocycles. The quantitative estimate of drug-likeness (QED) is 0.870. The molecule has 1 aliphatic rings. The summed E-state index contributed by atoms with van der Waals surface area (Å²) in [6, 6.07) is 5.97. The van der Waals surface area contributed by atoms with E-state index in [1.165, 1.54) is 18.5 Å². The number of hydrogen-bond acceptors (Lipinski definition) is 2. The maximum atomic E-state index is 9.55. The number of nitrogens with zero attached hydrogens (tertiary/aromatic N) is 1. The smallest absolute Gasteiger partial charge is 0.0776 e. The Morgan fingerprint density at radius 3 is 2.82 bits per heavy atom. The largest absolute Gasteiger partial charge is 0.389 e. The number of aliphatic hydroxyl groups is 1. The molecule has 1 aliphatic heterocycles. The van der Waals surface area contributed by atoms with Gasteiger partial charge in [-0.2, -0.15) is 0 Å². The number of aliphatic hydroxyl groups excluding tert-OH is 1. The molecule has 0 aliphatic carbocycles. The molecule has 3 heteroatoms. The van der Waals surface area contributed by atoms with E-state index in [4.69, 9.17) is 11.6 Å². The minimum Gasteiger partial charge on any atom is -0.389 e. The minimum atomic E-state index is -0.503. The van der Waals surface area contributed by atoms with Gasteiger partial charge in [-0.1, -0.05) is 24.6 Å². The van der Waals surface area contributed by atoms with Crippen molar-refractivity contribution in [1.29, 1.82) is 0 Å². The van der Waals surface area contributed by atoms with E-state index in [0.29, 0.717) is 5.02 Å². The summed E-state index contributed by atoms with van der Waals surface area (Å²) in [6.45, 7) is 6.24. The number of piperidine rings is 1. The molecule has 0 saturated carbocycles. The normalized spacial score (nSPS) is 22.6. The molecule has 0 radical (unpaired) electrons. The van der Waals surface area contributed by atoms with Crippen LogP contribution in [0.4, 0.5) is 5.69 Å². The van der Waals surface area contributed by atoms with Crippen LogP contribution in [0.15, 0.2) is 18.2 Å². The second kappa shape index (κ2) is 5.28. The molecule has 17 heavy (non-hydrogen) atoms. The first-order valence-corrected chi connectivity index (χ1v) is 6.68. The molecule has 1 saturated heterocycles. The third-order valence-corrected chi connectivity index (χ3v) is 3.78. The predicted molar refractivity (Wildman–Crippen MR) is 72.7 cm³/mol. The molecule has 0 amide bonds. The highest BCUT2D eigenvalue weighted by Gasteiger charge is 2.17. The summed E-state index contributed by atoms with van der Waals surface area (Å²) in [4.78, 5) is 2.38. The Morgan fingerprint density at radius 1 is 1.47 bits per heavy atom. The molecule has 2 rings (SSSR count). The summed E-state index contributed by atoms with van der Waals surface area (Å²) >= 11 is 6.19. The van der Waals surface area contributed by atoms with Crippen LogP contribution in [0.25, 0.3) is 0 Å². The van der Waals surface area contributed by atoms with Gasteiger partial charge in [0.1, 0.15) is 0 Å². The van der Waals surface area contributed by atoms with Gasteiger partial charge in [0.25, 0.3) is 0 Å². The van der Waals surface area contributed by atoms with Crippen LogP contribution in [0.3, 0.4) is 0 Å². The van der Waals surface area contributed by atoms with E-state index in [1.807, 2.05) is 12.1 Å². The first-order valence-electron chi connectivity index (χ1n) is 6.30. The Bertz CT molecular complexity index is 392. The second-order valence-corrected chi connectivity index (χ2v) is 5.48. The lowest BCUT2D eigenvalue weighted by Gasteiger charge is -2.33. The van der Waals surface area contributed by atoms with Gasteiger partial charge in [-0.3, -0.25) is 0 Å². The lowest BCUT2D eigenvalue weighted by atomic mass is 9.99. The van der Waals surface area contributed by atoms with Crippen molar-refractivity contribution in [3.05, 3.63) is 28.8 Å². The van der Waals surface area contributed by atoms with Gasteiger partial charge in [-0.15, -0.1) is 0 Å². The highest BCUT2D eigenvalue weighted by molar-refractivity contribution is 6.31. The van der Waals surface area contributed by atoms with Gasteiger partial charge in [-0.25, -0.2) is 0 Å². The summed E-state index contributed by atoms with van der Waals surface area (Å²) in [7, 11) is 0. The molecule has 2 atom stereocenters. The first-order chi connectivity index (χ1) is 8.08. The van der Waals surface area contributed by atoms with Crippen molar-refractivity contribution in [3.63, 3.8) is 0 Å². The van der Waals surface area contributed by atoms with Crippen molar-refractivity contribution in [2.24, 2.45) is 5.92 Å². The summed E-state index contributed by atoms with van der Waals surface area (Å²) in [5, 5.41) is 10.2. The lowest BCUT2D eigenvalue weighted by molar-refractivity contribution is 0.199.